The Kier molecular flexibility index (Phi) is 6.19. The van der Waals surface area contributed by atoms with Crippen molar-refractivity contribution in [2.24, 2.45) is 5.92 Å². The fourth-order valence-corrected chi connectivity index (χ4v) is 3.72. The van der Waals surface area contributed by atoms with Gasteiger partial charge >= 0.3 is 12.2 Å². The Balaban J connectivity index is 2.18. The van der Waals surface area contributed by atoms with Crippen LogP contribution in [0.3, 0.4) is 0 Å². The quantitative estimate of drug-likeness (QED) is 0.543. The molecule has 3 N–H and O–H groups in total. The number of hydrogen-bond acceptors (Lipinski definition) is 5. The summed E-state index contributed by atoms with van der Waals surface area (Å²) in [6.07, 6.45) is -5.34. The molecule has 166 valence electrons. The fraction of sp³-hybridized carbons (Fsp3) is 0.300. The number of ketones is 1. The first-order valence-corrected chi connectivity index (χ1v) is 9.70. The Morgan fingerprint density at radius 2 is 1.71 bits per heavy atom. The van der Waals surface area contributed by atoms with Crippen molar-refractivity contribution in [1.82, 2.24) is 10.6 Å². The van der Waals surface area contributed by atoms with Gasteiger partial charge in [-0.3, -0.25) is 4.79 Å². The number of hydrogen-bond donors (Lipinski definition) is 3. The van der Waals surface area contributed by atoms with Crippen LogP contribution < -0.4 is 20.1 Å². The second-order valence-electron chi connectivity index (χ2n) is 6.80. The zero-order chi connectivity index (χ0) is 23.0. The van der Waals surface area contributed by atoms with Gasteiger partial charge in [0.2, 0.25) is 5.72 Å². The molecule has 0 saturated carbocycles. The maximum absolute atomic E-state index is 13.9. The van der Waals surface area contributed by atoms with Crippen LogP contribution in [0.1, 0.15) is 22.0 Å². The normalized spacial score (nSPS) is 23.5. The van der Waals surface area contributed by atoms with Gasteiger partial charge in [0.15, 0.2) is 17.3 Å². The number of rotatable bonds is 5. The third-order valence-electron chi connectivity index (χ3n) is 4.98. The lowest BCUT2D eigenvalue weighted by molar-refractivity contribution is -0.287. The number of halogens is 4. The second-order valence-corrected chi connectivity index (χ2v) is 7.72. The summed E-state index contributed by atoms with van der Waals surface area (Å²) >= 11 is 3.19. The Morgan fingerprint density at radius 1 is 1.10 bits per heavy atom. The van der Waals surface area contributed by atoms with Crippen LogP contribution in [0.15, 0.2) is 46.9 Å². The smallest absolute Gasteiger partial charge is 0.437 e. The molecule has 2 aromatic rings. The van der Waals surface area contributed by atoms with E-state index in [1.165, 1.54) is 62.0 Å². The van der Waals surface area contributed by atoms with Crippen molar-refractivity contribution in [2.45, 2.75) is 17.9 Å². The van der Waals surface area contributed by atoms with Gasteiger partial charge in [0.05, 0.1) is 20.3 Å². The standard InChI is InChI=1S/C20H18BrF3N2O5/c1-30-13-8-5-11(9-14(13)31-2)16-15(17(27)10-3-6-12(21)7-4-10)19(29,20(22,23)24)26-18(28)25-16/h3-9,15-16,29H,1-2H3,(H2,25,26,28). The number of ether oxygens (including phenoxy) is 2. The highest BCUT2D eigenvalue weighted by Gasteiger charge is 2.66. The lowest BCUT2D eigenvalue weighted by Gasteiger charge is -2.45. The first-order chi connectivity index (χ1) is 14.5. The molecule has 0 bridgehead atoms. The molecule has 0 spiro atoms. The summed E-state index contributed by atoms with van der Waals surface area (Å²) in [6.45, 7) is 0. The summed E-state index contributed by atoms with van der Waals surface area (Å²) < 4.78 is 52.8. The number of benzene rings is 2. The first-order valence-electron chi connectivity index (χ1n) is 8.91. The van der Waals surface area contributed by atoms with Gasteiger partial charge in [0.25, 0.3) is 0 Å². The van der Waals surface area contributed by atoms with E-state index in [-0.39, 0.29) is 16.9 Å². The highest BCUT2D eigenvalue weighted by atomic mass is 79.9. The molecule has 2 amide bonds. The molecule has 7 nitrogen and oxygen atoms in total. The zero-order valence-electron chi connectivity index (χ0n) is 16.3. The molecule has 0 radical (unpaired) electrons. The maximum Gasteiger partial charge on any atom is 0.437 e. The monoisotopic (exact) mass is 502 g/mol. The topological polar surface area (TPSA) is 96.9 Å². The van der Waals surface area contributed by atoms with E-state index >= 15 is 0 Å². The van der Waals surface area contributed by atoms with Gasteiger partial charge < -0.3 is 25.2 Å². The van der Waals surface area contributed by atoms with Crippen molar-refractivity contribution in [3.05, 3.63) is 58.1 Å². The molecule has 3 rings (SSSR count). The number of Topliss-reactive ketones (excluding diaryl/α,β-unsaturated/α-hetero) is 1. The van der Waals surface area contributed by atoms with Crippen LogP contribution in [0.2, 0.25) is 0 Å². The Hall–Kier alpha value is -2.79. The summed E-state index contributed by atoms with van der Waals surface area (Å²) in [5.74, 6) is -2.67. The molecule has 1 fully saturated rings. The summed E-state index contributed by atoms with van der Waals surface area (Å²) in [5, 5.41) is 14.4. The molecule has 31 heavy (non-hydrogen) atoms. The van der Waals surface area contributed by atoms with Gasteiger partial charge in [-0.1, -0.05) is 34.1 Å². The lowest BCUT2D eigenvalue weighted by Crippen LogP contribution is -2.72. The number of nitrogens with one attached hydrogen (secondary N) is 2. The van der Waals surface area contributed by atoms with E-state index in [2.05, 4.69) is 21.2 Å². The number of carbonyl (C=O) groups excluding carboxylic acids is 2. The van der Waals surface area contributed by atoms with E-state index in [4.69, 9.17) is 9.47 Å². The number of amides is 2. The van der Waals surface area contributed by atoms with E-state index in [0.29, 0.717) is 10.2 Å². The molecule has 3 unspecified atom stereocenters. The predicted octanol–water partition coefficient (Wildman–Crippen LogP) is 3.57. The van der Waals surface area contributed by atoms with Crippen molar-refractivity contribution >= 4 is 27.7 Å². The van der Waals surface area contributed by atoms with Crippen LogP contribution in [0.5, 0.6) is 11.5 Å². The third kappa shape index (κ3) is 4.19. The van der Waals surface area contributed by atoms with E-state index in [1.54, 1.807) is 0 Å². The van der Waals surface area contributed by atoms with Crippen molar-refractivity contribution in [1.29, 1.82) is 0 Å². The van der Waals surface area contributed by atoms with Crippen molar-refractivity contribution in [3.63, 3.8) is 0 Å². The van der Waals surface area contributed by atoms with E-state index in [0.717, 1.165) is 0 Å². The zero-order valence-corrected chi connectivity index (χ0v) is 17.9. The third-order valence-corrected chi connectivity index (χ3v) is 5.51. The minimum absolute atomic E-state index is 0.0701. The van der Waals surface area contributed by atoms with Crippen LogP contribution in [0.4, 0.5) is 18.0 Å². The number of methoxy groups -OCH3 is 2. The average Bonchev–Trinajstić information content (AvgIpc) is 2.72. The van der Waals surface area contributed by atoms with Crippen LogP contribution in [0.25, 0.3) is 0 Å². The molecule has 1 heterocycles. The first kappa shape index (κ1) is 22.9. The Morgan fingerprint density at radius 3 is 2.26 bits per heavy atom. The maximum atomic E-state index is 13.9. The number of alkyl halides is 3. The molecule has 11 heteroatoms. The largest absolute Gasteiger partial charge is 0.493 e. The van der Waals surface area contributed by atoms with Crippen molar-refractivity contribution < 1.29 is 37.3 Å². The molecule has 2 aromatic carbocycles. The molecule has 1 saturated heterocycles. The van der Waals surface area contributed by atoms with Crippen LogP contribution in [-0.2, 0) is 0 Å². The number of aliphatic hydroxyl groups is 1. The van der Waals surface area contributed by atoms with E-state index in [1.807, 2.05) is 0 Å². The SMILES string of the molecule is COc1ccc(C2NC(=O)NC(O)(C(F)(F)F)C2C(=O)c2ccc(Br)cc2)cc1OC. The highest BCUT2D eigenvalue weighted by molar-refractivity contribution is 9.10. The van der Waals surface area contributed by atoms with E-state index < -0.39 is 35.7 Å². The van der Waals surface area contributed by atoms with Crippen LogP contribution in [-0.4, -0.2) is 43.0 Å². The molecule has 1 aliphatic heterocycles. The van der Waals surface area contributed by atoms with Gasteiger partial charge in [-0.05, 0) is 29.8 Å². The average molecular weight is 503 g/mol. The molecule has 1 aliphatic rings. The molecule has 0 aliphatic carbocycles. The lowest BCUT2D eigenvalue weighted by atomic mass is 9.77. The number of urea groups is 1. The Labute approximate surface area is 183 Å². The number of carbonyl (C=O) groups is 2. The summed E-state index contributed by atoms with van der Waals surface area (Å²) in [7, 11) is 2.71. The predicted molar refractivity (Wildman–Crippen MR) is 107 cm³/mol. The summed E-state index contributed by atoms with van der Waals surface area (Å²) in [6, 6.07) is 6.98. The van der Waals surface area contributed by atoms with Crippen molar-refractivity contribution in [2.75, 3.05) is 14.2 Å². The minimum Gasteiger partial charge on any atom is -0.493 e. The Bertz CT molecular complexity index is 999. The molecular formula is C20H18BrF3N2O5. The van der Waals surface area contributed by atoms with Crippen LogP contribution >= 0.6 is 15.9 Å². The fourth-order valence-electron chi connectivity index (χ4n) is 3.46. The van der Waals surface area contributed by atoms with Crippen LogP contribution in [0, 0.1) is 5.92 Å². The van der Waals surface area contributed by atoms with Gasteiger partial charge in [-0.25, -0.2) is 4.79 Å². The highest BCUT2D eigenvalue weighted by Crippen LogP contribution is 2.45. The second kappa shape index (κ2) is 8.39. The minimum atomic E-state index is -5.34. The molecular weight excluding hydrogens is 485 g/mol. The van der Waals surface area contributed by atoms with E-state index in [9.17, 15) is 27.9 Å². The van der Waals surface area contributed by atoms with Gasteiger partial charge in [-0.2, -0.15) is 13.2 Å². The van der Waals surface area contributed by atoms with Gasteiger partial charge in [0, 0.05) is 10.0 Å². The van der Waals surface area contributed by atoms with Gasteiger partial charge in [0.1, 0.15) is 5.92 Å². The van der Waals surface area contributed by atoms with Gasteiger partial charge in [-0.15, -0.1) is 0 Å². The summed E-state index contributed by atoms with van der Waals surface area (Å²) in [5.41, 5.74) is -3.76. The summed E-state index contributed by atoms with van der Waals surface area (Å²) in [4.78, 5) is 25.3. The molecule has 3 atom stereocenters. The van der Waals surface area contributed by atoms with Crippen molar-refractivity contribution in [3.8, 4) is 11.5 Å². The molecule has 0 aromatic heterocycles.